The molecule has 0 amide bonds. The van der Waals surface area contributed by atoms with Crippen LogP contribution in [0.15, 0.2) is 53.7 Å². The summed E-state index contributed by atoms with van der Waals surface area (Å²) in [6.07, 6.45) is 0. The second kappa shape index (κ2) is 7.20. The SMILES string of the molecule is COc1ccccc1-c1nnc(SCc2cccc(C#N)c2)n1C. The number of ether oxygens (including phenoxy) is 1. The van der Waals surface area contributed by atoms with E-state index in [4.69, 9.17) is 10.00 Å². The van der Waals surface area contributed by atoms with Gasteiger partial charge in [0.05, 0.1) is 24.3 Å². The van der Waals surface area contributed by atoms with Crippen LogP contribution < -0.4 is 4.74 Å². The van der Waals surface area contributed by atoms with Gasteiger partial charge in [-0.2, -0.15) is 5.26 Å². The molecule has 0 saturated heterocycles. The molecule has 0 fully saturated rings. The number of aromatic nitrogens is 3. The zero-order chi connectivity index (χ0) is 16.9. The number of hydrogen-bond donors (Lipinski definition) is 0. The van der Waals surface area contributed by atoms with Crippen molar-refractivity contribution in [1.82, 2.24) is 14.8 Å². The monoisotopic (exact) mass is 336 g/mol. The van der Waals surface area contributed by atoms with Crippen molar-refractivity contribution in [2.75, 3.05) is 7.11 Å². The van der Waals surface area contributed by atoms with Crippen molar-refractivity contribution < 1.29 is 4.74 Å². The summed E-state index contributed by atoms with van der Waals surface area (Å²) in [5.74, 6) is 2.26. The Morgan fingerprint density at radius 1 is 1.17 bits per heavy atom. The van der Waals surface area contributed by atoms with Gasteiger partial charge in [0, 0.05) is 12.8 Å². The van der Waals surface area contributed by atoms with Gasteiger partial charge in [-0.15, -0.1) is 10.2 Å². The Morgan fingerprint density at radius 2 is 2.00 bits per heavy atom. The van der Waals surface area contributed by atoms with E-state index in [1.165, 1.54) is 0 Å². The number of benzene rings is 2. The van der Waals surface area contributed by atoms with Gasteiger partial charge in [0.1, 0.15) is 5.75 Å². The summed E-state index contributed by atoms with van der Waals surface area (Å²) in [5.41, 5.74) is 2.66. The van der Waals surface area contributed by atoms with Gasteiger partial charge in [-0.1, -0.05) is 36.0 Å². The largest absolute Gasteiger partial charge is 0.496 e. The first-order chi connectivity index (χ1) is 11.7. The standard InChI is InChI=1S/C18H16N4OS/c1-22-17(15-8-3-4-9-16(15)23-2)20-21-18(22)24-12-14-7-5-6-13(10-14)11-19/h3-10H,12H2,1-2H3. The van der Waals surface area contributed by atoms with E-state index >= 15 is 0 Å². The van der Waals surface area contributed by atoms with Crippen molar-refractivity contribution in [3.05, 3.63) is 59.7 Å². The van der Waals surface area contributed by atoms with Crippen molar-refractivity contribution in [3.8, 4) is 23.2 Å². The third-order valence-corrected chi connectivity index (χ3v) is 4.70. The molecule has 0 unspecified atom stereocenters. The Hall–Kier alpha value is -2.78. The van der Waals surface area contributed by atoms with Gasteiger partial charge >= 0.3 is 0 Å². The van der Waals surface area contributed by atoms with Crippen LogP contribution in [0.2, 0.25) is 0 Å². The average Bonchev–Trinajstić information content (AvgIpc) is 3.00. The molecular formula is C18H16N4OS. The number of rotatable bonds is 5. The number of nitriles is 1. The zero-order valence-electron chi connectivity index (χ0n) is 13.4. The number of hydrogen-bond acceptors (Lipinski definition) is 5. The molecular weight excluding hydrogens is 320 g/mol. The van der Waals surface area contributed by atoms with Crippen molar-refractivity contribution in [3.63, 3.8) is 0 Å². The lowest BCUT2D eigenvalue weighted by atomic mass is 10.2. The van der Waals surface area contributed by atoms with Crippen LogP contribution in [-0.4, -0.2) is 21.9 Å². The third kappa shape index (κ3) is 3.26. The van der Waals surface area contributed by atoms with E-state index < -0.39 is 0 Å². The highest BCUT2D eigenvalue weighted by Crippen LogP contribution is 2.30. The number of methoxy groups -OCH3 is 1. The first-order valence-electron chi connectivity index (χ1n) is 7.37. The molecule has 0 N–H and O–H groups in total. The minimum absolute atomic E-state index is 0.667. The highest BCUT2D eigenvalue weighted by molar-refractivity contribution is 7.98. The summed E-state index contributed by atoms with van der Waals surface area (Å²) < 4.78 is 7.36. The smallest absolute Gasteiger partial charge is 0.191 e. The molecule has 6 heteroatoms. The Bertz CT molecular complexity index is 898. The molecule has 0 aliphatic rings. The van der Waals surface area contributed by atoms with Crippen LogP contribution in [0, 0.1) is 11.3 Å². The molecule has 0 bridgehead atoms. The summed E-state index contributed by atoms with van der Waals surface area (Å²) in [6, 6.07) is 17.5. The maximum absolute atomic E-state index is 8.98. The zero-order valence-corrected chi connectivity index (χ0v) is 14.2. The lowest BCUT2D eigenvalue weighted by molar-refractivity contribution is 0.416. The average molecular weight is 336 g/mol. The van der Waals surface area contributed by atoms with Crippen molar-refractivity contribution in [2.45, 2.75) is 10.9 Å². The maximum atomic E-state index is 8.98. The van der Waals surface area contributed by atoms with Crippen LogP contribution in [0.4, 0.5) is 0 Å². The van der Waals surface area contributed by atoms with Crippen molar-refractivity contribution in [2.24, 2.45) is 7.05 Å². The fourth-order valence-corrected chi connectivity index (χ4v) is 3.24. The lowest BCUT2D eigenvalue weighted by Gasteiger charge is -2.08. The summed E-state index contributed by atoms with van der Waals surface area (Å²) in [6.45, 7) is 0. The molecule has 0 aliphatic carbocycles. The molecule has 3 aromatic rings. The van der Waals surface area contributed by atoms with Gasteiger partial charge in [-0.25, -0.2) is 0 Å². The molecule has 2 aromatic carbocycles. The predicted molar refractivity (Wildman–Crippen MR) is 93.7 cm³/mol. The molecule has 0 aliphatic heterocycles. The van der Waals surface area contributed by atoms with Gasteiger partial charge in [-0.3, -0.25) is 0 Å². The van der Waals surface area contributed by atoms with Crippen LogP contribution in [0.1, 0.15) is 11.1 Å². The second-order valence-corrected chi connectivity index (χ2v) is 6.11. The quantitative estimate of drug-likeness (QED) is 0.665. The molecule has 1 aromatic heterocycles. The van der Waals surface area contributed by atoms with Crippen molar-refractivity contribution >= 4 is 11.8 Å². The Balaban J connectivity index is 1.81. The summed E-state index contributed by atoms with van der Waals surface area (Å²) >= 11 is 1.59. The molecule has 5 nitrogen and oxygen atoms in total. The van der Waals surface area contributed by atoms with E-state index in [2.05, 4.69) is 16.3 Å². The fraction of sp³-hybridized carbons (Fsp3) is 0.167. The van der Waals surface area contributed by atoms with Gasteiger partial charge in [0.2, 0.25) is 0 Å². The minimum Gasteiger partial charge on any atom is -0.496 e. The number of nitrogens with zero attached hydrogens (tertiary/aromatic N) is 4. The predicted octanol–water partition coefficient (Wildman–Crippen LogP) is 3.65. The minimum atomic E-state index is 0.667. The molecule has 0 spiro atoms. The van der Waals surface area contributed by atoms with E-state index in [-0.39, 0.29) is 0 Å². The highest BCUT2D eigenvalue weighted by atomic mass is 32.2. The van der Waals surface area contributed by atoms with Gasteiger partial charge < -0.3 is 9.30 Å². The van der Waals surface area contributed by atoms with Gasteiger partial charge in [0.15, 0.2) is 11.0 Å². The molecule has 0 radical (unpaired) electrons. The summed E-state index contributed by atoms with van der Waals surface area (Å²) in [5, 5.41) is 18.4. The lowest BCUT2D eigenvalue weighted by Crippen LogP contribution is -1.97. The van der Waals surface area contributed by atoms with Gasteiger partial charge in [0.25, 0.3) is 0 Å². The molecule has 24 heavy (non-hydrogen) atoms. The second-order valence-electron chi connectivity index (χ2n) is 5.17. The molecule has 0 atom stereocenters. The molecule has 1 heterocycles. The summed E-state index contributed by atoms with van der Waals surface area (Å²) in [7, 11) is 3.59. The Morgan fingerprint density at radius 3 is 2.79 bits per heavy atom. The van der Waals surface area contributed by atoms with E-state index in [1.54, 1.807) is 24.9 Å². The summed E-state index contributed by atoms with van der Waals surface area (Å²) in [4.78, 5) is 0. The highest BCUT2D eigenvalue weighted by Gasteiger charge is 2.14. The molecule has 120 valence electrons. The van der Waals surface area contributed by atoms with Crippen LogP contribution in [0.25, 0.3) is 11.4 Å². The first-order valence-corrected chi connectivity index (χ1v) is 8.36. The van der Waals surface area contributed by atoms with Crippen LogP contribution >= 0.6 is 11.8 Å². The van der Waals surface area contributed by atoms with Crippen molar-refractivity contribution in [1.29, 1.82) is 5.26 Å². The van der Waals surface area contributed by atoms with Gasteiger partial charge in [-0.05, 0) is 29.8 Å². The van der Waals surface area contributed by atoms with Crippen LogP contribution in [-0.2, 0) is 12.8 Å². The number of thioether (sulfide) groups is 1. The van der Waals surface area contributed by atoms with E-state index in [9.17, 15) is 0 Å². The Kier molecular flexibility index (Phi) is 4.82. The fourth-order valence-electron chi connectivity index (χ4n) is 2.38. The molecule has 0 saturated carbocycles. The van der Waals surface area contributed by atoms with Crippen LogP contribution in [0.3, 0.4) is 0 Å². The molecule has 3 rings (SSSR count). The first kappa shape index (κ1) is 16.1. The van der Waals surface area contributed by atoms with Crippen LogP contribution in [0.5, 0.6) is 5.75 Å². The van der Waals surface area contributed by atoms with E-state index in [0.717, 1.165) is 33.6 Å². The van der Waals surface area contributed by atoms with E-state index in [1.807, 2.05) is 54.1 Å². The normalized spacial score (nSPS) is 10.4. The maximum Gasteiger partial charge on any atom is 0.191 e. The van der Waals surface area contributed by atoms with E-state index in [0.29, 0.717) is 5.56 Å². The number of para-hydroxylation sites is 1. The topological polar surface area (TPSA) is 63.7 Å². The Labute approximate surface area is 144 Å². The third-order valence-electron chi connectivity index (χ3n) is 3.61.